The van der Waals surface area contributed by atoms with Crippen molar-refractivity contribution >= 4 is 33.4 Å². The summed E-state index contributed by atoms with van der Waals surface area (Å²) in [6, 6.07) is 15.5. The maximum absolute atomic E-state index is 12.9. The topological polar surface area (TPSA) is 59.5 Å². The number of hydrogen-bond donors (Lipinski definition) is 0. The molecule has 1 aromatic heterocycles. The molecule has 1 amide bonds. The third kappa shape index (κ3) is 3.07. The van der Waals surface area contributed by atoms with Crippen molar-refractivity contribution in [1.82, 2.24) is 9.88 Å². The lowest BCUT2D eigenvalue weighted by molar-refractivity contribution is -0.134. The van der Waals surface area contributed by atoms with Crippen molar-refractivity contribution in [3.05, 3.63) is 64.7 Å². The first-order chi connectivity index (χ1) is 13.7. The van der Waals surface area contributed by atoms with E-state index in [0.29, 0.717) is 12.1 Å². The van der Waals surface area contributed by atoms with Crippen LogP contribution in [0, 0.1) is 0 Å². The third-order valence-corrected chi connectivity index (χ3v) is 6.77. The first-order valence-electron chi connectivity index (χ1n) is 9.62. The number of aromatic nitrogens is 1. The highest BCUT2D eigenvalue weighted by Gasteiger charge is 2.34. The minimum absolute atomic E-state index is 0.0420. The summed E-state index contributed by atoms with van der Waals surface area (Å²) in [6.07, 6.45) is 1.74. The molecule has 5 rings (SSSR count). The van der Waals surface area contributed by atoms with Crippen LogP contribution in [0.2, 0.25) is 0 Å². The number of fused-ring (bicyclic) bond motifs is 2. The van der Waals surface area contributed by atoms with Crippen LogP contribution in [0.4, 0.5) is 0 Å². The summed E-state index contributed by atoms with van der Waals surface area (Å²) in [5.74, 6) is -0.0202. The second-order valence-corrected chi connectivity index (χ2v) is 8.45. The Bertz CT molecular complexity index is 1030. The molecule has 0 bridgehead atoms. The first kappa shape index (κ1) is 17.4. The molecule has 0 radical (unpaired) electrons. The van der Waals surface area contributed by atoms with Gasteiger partial charge in [-0.05, 0) is 31.0 Å². The Morgan fingerprint density at radius 1 is 1.18 bits per heavy atom. The number of carbonyl (C=O) groups is 2. The number of thiazole rings is 1. The number of ether oxygens (including phenoxy) is 1. The molecule has 1 saturated heterocycles. The summed E-state index contributed by atoms with van der Waals surface area (Å²) in [5.41, 5.74) is 2.42. The molecule has 5 nitrogen and oxygen atoms in total. The number of piperidine rings is 1. The maximum Gasteiger partial charge on any atom is 0.339 e. The molecule has 6 heteroatoms. The Balaban J connectivity index is 1.30. The summed E-state index contributed by atoms with van der Waals surface area (Å²) in [4.78, 5) is 31.6. The largest absolute Gasteiger partial charge is 0.453 e. The van der Waals surface area contributed by atoms with Crippen LogP contribution in [-0.2, 0) is 9.53 Å². The van der Waals surface area contributed by atoms with Crippen molar-refractivity contribution in [2.75, 3.05) is 13.1 Å². The van der Waals surface area contributed by atoms with Gasteiger partial charge in [-0.2, -0.15) is 0 Å². The van der Waals surface area contributed by atoms with E-state index in [1.165, 1.54) is 4.70 Å². The van der Waals surface area contributed by atoms with Crippen LogP contribution in [0.3, 0.4) is 0 Å². The minimum Gasteiger partial charge on any atom is -0.453 e. The highest BCUT2D eigenvalue weighted by atomic mass is 32.1. The van der Waals surface area contributed by atoms with Crippen LogP contribution in [0.1, 0.15) is 52.2 Å². The molecule has 0 unspecified atom stereocenters. The average Bonchev–Trinajstić information content (AvgIpc) is 3.30. The fourth-order valence-corrected chi connectivity index (χ4v) is 5.22. The van der Waals surface area contributed by atoms with Gasteiger partial charge in [0, 0.05) is 24.6 Å². The summed E-state index contributed by atoms with van der Waals surface area (Å²) in [6.45, 7) is 1.43. The van der Waals surface area contributed by atoms with Crippen molar-refractivity contribution in [2.24, 2.45) is 0 Å². The van der Waals surface area contributed by atoms with Gasteiger partial charge in [-0.15, -0.1) is 11.3 Å². The van der Waals surface area contributed by atoms with Gasteiger partial charge in [-0.25, -0.2) is 9.78 Å². The lowest BCUT2D eigenvalue weighted by Gasteiger charge is -2.32. The van der Waals surface area contributed by atoms with E-state index in [1.54, 1.807) is 17.4 Å². The molecule has 2 atom stereocenters. The Hall–Kier alpha value is -2.73. The molecular formula is C22H20N2O3S. The van der Waals surface area contributed by atoms with Gasteiger partial charge in [0.15, 0.2) is 0 Å². The molecule has 1 fully saturated rings. The van der Waals surface area contributed by atoms with Gasteiger partial charge in [0.25, 0.3) is 0 Å². The van der Waals surface area contributed by atoms with Crippen LogP contribution in [0.25, 0.3) is 10.2 Å². The van der Waals surface area contributed by atoms with Gasteiger partial charge in [0.05, 0.1) is 27.2 Å². The number of nitrogens with zero attached hydrogens (tertiary/aromatic N) is 2. The van der Waals surface area contributed by atoms with Crippen LogP contribution < -0.4 is 0 Å². The monoisotopic (exact) mass is 392 g/mol. The fraction of sp³-hybridized carbons (Fsp3) is 0.318. The Kier molecular flexibility index (Phi) is 4.36. The van der Waals surface area contributed by atoms with E-state index in [0.717, 1.165) is 35.5 Å². The number of rotatable bonds is 3. The highest BCUT2D eigenvalue weighted by molar-refractivity contribution is 7.18. The van der Waals surface area contributed by atoms with Gasteiger partial charge < -0.3 is 9.64 Å². The molecule has 142 valence electrons. The first-order valence-corrected chi connectivity index (χ1v) is 10.4. The van der Waals surface area contributed by atoms with Gasteiger partial charge >= 0.3 is 5.97 Å². The number of likely N-dealkylation sites (tertiary alicyclic amines) is 1. The predicted octanol–water partition coefficient (Wildman–Crippen LogP) is 4.30. The van der Waals surface area contributed by atoms with E-state index in [9.17, 15) is 9.59 Å². The zero-order valence-electron chi connectivity index (χ0n) is 15.3. The number of benzene rings is 2. The van der Waals surface area contributed by atoms with E-state index < -0.39 is 6.10 Å². The van der Waals surface area contributed by atoms with Gasteiger partial charge in [-0.1, -0.05) is 30.3 Å². The molecule has 3 heterocycles. The molecule has 0 N–H and O–H groups in total. The molecule has 2 aliphatic heterocycles. The Morgan fingerprint density at radius 3 is 2.89 bits per heavy atom. The van der Waals surface area contributed by atoms with Gasteiger partial charge in [0.1, 0.15) is 6.10 Å². The van der Waals surface area contributed by atoms with Crippen LogP contribution in [0.15, 0.2) is 48.5 Å². The molecule has 3 aromatic rings. The minimum atomic E-state index is -0.473. The number of cyclic esters (lactones) is 1. The summed E-state index contributed by atoms with van der Waals surface area (Å²) < 4.78 is 6.64. The zero-order valence-corrected chi connectivity index (χ0v) is 16.2. The molecule has 2 aromatic carbocycles. The molecule has 0 saturated carbocycles. The quantitative estimate of drug-likeness (QED) is 0.624. The second kappa shape index (κ2) is 7.02. The van der Waals surface area contributed by atoms with E-state index in [1.807, 2.05) is 41.3 Å². The summed E-state index contributed by atoms with van der Waals surface area (Å²) in [5, 5.41) is 1.11. The lowest BCUT2D eigenvalue weighted by atomic mass is 9.97. The van der Waals surface area contributed by atoms with Gasteiger partial charge in [0.2, 0.25) is 5.91 Å². The van der Waals surface area contributed by atoms with Crippen molar-refractivity contribution in [3.63, 3.8) is 0 Å². The van der Waals surface area contributed by atoms with Gasteiger partial charge in [-0.3, -0.25) is 4.79 Å². The maximum atomic E-state index is 12.9. The summed E-state index contributed by atoms with van der Waals surface area (Å²) in [7, 11) is 0. The van der Waals surface area contributed by atoms with Crippen molar-refractivity contribution in [1.29, 1.82) is 0 Å². The Morgan fingerprint density at radius 2 is 2.00 bits per heavy atom. The number of carbonyl (C=O) groups excluding carboxylic acids is 2. The van der Waals surface area contributed by atoms with Crippen molar-refractivity contribution in [2.45, 2.75) is 31.3 Å². The van der Waals surface area contributed by atoms with Crippen LogP contribution in [-0.4, -0.2) is 34.8 Å². The van der Waals surface area contributed by atoms with Crippen LogP contribution in [0.5, 0.6) is 0 Å². The lowest BCUT2D eigenvalue weighted by Crippen LogP contribution is -2.39. The van der Waals surface area contributed by atoms with E-state index in [4.69, 9.17) is 9.72 Å². The highest BCUT2D eigenvalue weighted by Crippen LogP contribution is 2.36. The zero-order chi connectivity index (χ0) is 19.1. The Labute approximate surface area is 166 Å². The van der Waals surface area contributed by atoms with Crippen LogP contribution >= 0.6 is 11.3 Å². The number of para-hydroxylation sites is 1. The molecule has 0 aliphatic carbocycles. The normalized spacial score (nSPS) is 21.6. The molecule has 0 spiro atoms. The molecule has 28 heavy (non-hydrogen) atoms. The second-order valence-electron chi connectivity index (χ2n) is 7.38. The van der Waals surface area contributed by atoms with Crippen molar-refractivity contribution in [3.8, 4) is 0 Å². The standard InChI is InChI=1S/C22H20N2O3S/c25-20(12-18-15-7-1-2-8-16(15)22(26)27-18)24-11-5-6-14(13-24)21-23-17-9-3-4-10-19(17)28-21/h1-4,7-10,14,18H,5-6,11-13H2/t14-,18+/m1/s1. The SMILES string of the molecule is O=C1O[C@@H](CC(=O)N2CCC[C@@H](c3nc4ccccc4s3)C2)c2ccccc21. The van der Waals surface area contributed by atoms with Crippen molar-refractivity contribution < 1.29 is 14.3 Å². The molecular weight excluding hydrogens is 372 g/mol. The van der Waals surface area contributed by atoms with E-state index in [2.05, 4.69) is 6.07 Å². The number of amides is 1. The smallest absolute Gasteiger partial charge is 0.339 e. The number of esters is 1. The van der Waals surface area contributed by atoms with E-state index in [-0.39, 0.29) is 24.2 Å². The predicted molar refractivity (Wildman–Crippen MR) is 107 cm³/mol. The number of hydrogen-bond acceptors (Lipinski definition) is 5. The third-order valence-electron chi connectivity index (χ3n) is 5.57. The summed E-state index contributed by atoms with van der Waals surface area (Å²) >= 11 is 1.72. The average molecular weight is 392 g/mol. The van der Waals surface area contributed by atoms with E-state index >= 15 is 0 Å². The molecule has 2 aliphatic rings. The fourth-order valence-electron chi connectivity index (χ4n) is 4.13.